The van der Waals surface area contributed by atoms with E-state index in [1.54, 1.807) is 4.90 Å². The third kappa shape index (κ3) is 7.02. The number of hydrogen-bond acceptors (Lipinski definition) is 6. The number of rotatable bonds is 8. The van der Waals surface area contributed by atoms with Gasteiger partial charge in [0.05, 0.1) is 19.7 Å². The van der Waals surface area contributed by atoms with E-state index < -0.39 is 23.3 Å². The molecule has 8 nitrogen and oxygen atoms in total. The van der Waals surface area contributed by atoms with Gasteiger partial charge in [-0.05, 0) is 83.0 Å². The quantitative estimate of drug-likeness (QED) is 0.310. The molecule has 3 aliphatic rings. The molecule has 1 N–H and O–H groups in total. The van der Waals surface area contributed by atoms with Gasteiger partial charge in [0, 0.05) is 60.0 Å². The molecule has 4 heterocycles. The average Bonchev–Trinajstić information content (AvgIpc) is 3.40. The largest absolute Gasteiger partial charge is 0.484 e. The predicted octanol–water partition coefficient (Wildman–Crippen LogP) is 5.79. The zero-order valence-corrected chi connectivity index (χ0v) is 27.7. The highest BCUT2D eigenvalue weighted by Gasteiger charge is 2.42. The lowest BCUT2D eigenvalue weighted by Gasteiger charge is -2.46. The van der Waals surface area contributed by atoms with Crippen LogP contribution in [-0.4, -0.2) is 96.3 Å². The van der Waals surface area contributed by atoms with Crippen LogP contribution in [-0.2, 0) is 20.7 Å². The van der Waals surface area contributed by atoms with Crippen LogP contribution >= 0.6 is 0 Å². The number of aromatic amines is 1. The second-order valence-electron chi connectivity index (χ2n) is 14.2. The van der Waals surface area contributed by atoms with Crippen LogP contribution in [0.4, 0.5) is 13.2 Å². The van der Waals surface area contributed by atoms with Crippen LogP contribution in [0.15, 0.2) is 36.4 Å². The van der Waals surface area contributed by atoms with Crippen LogP contribution in [0, 0.1) is 17.0 Å². The highest BCUT2D eigenvalue weighted by Crippen LogP contribution is 2.44. The molecule has 0 saturated carbocycles. The molecule has 47 heavy (non-hydrogen) atoms. The topological polar surface area (TPSA) is 78.1 Å². The molecule has 3 aromatic rings. The number of piperidine rings is 2. The number of ether oxygens (including phenoxy) is 2. The fraction of sp³-hybridized carbons (Fsp3) is 0.556. The predicted molar refractivity (Wildman–Crippen MR) is 173 cm³/mol. The molecular formula is C36H45F3N4O4. The number of likely N-dealkylation sites (tertiary alicyclic amines) is 2. The van der Waals surface area contributed by atoms with Crippen molar-refractivity contribution in [3.05, 3.63) is 64.9 Å². The Morgan fingerprint density at radius 2 is 1.66 bits per heavy atom. The van der Waals surface area contributed by atoms with E-state index in [0.717, 1.165) is 67.4 Å². The summed E-state index contributed by atoms with van der Waals surface area (Å²) in [4.78, 5) is 33.8. The maximum absolute atomic E-state index is 16.0. The van der Waals surface area contributed by atoms with Crippen LogP contribution in [0.5, 0.6) is 5.75 Å². The lowest BCUT2D eigenvalue weighted by atomic mass is 9.71. The fourth-order valence-corrected chi connectivity index (χ4v) is 7.80. The normalized spacial score (nSPS) is 22.0. The number of nitrogens with one attached hydrogen (secondary N) is 1. The van der Waals surface area contributed by atoms with Gasteiger partial charge in [-0.15, -0.1) is 0 Å². The number of halogens is 3. The second kappa shape index (κ2) is 13.1. The number of carbonyl (C=O) groups is 2. The van der Waals surface area contributed by atoms with E-state index in [1.165, 1.54) is 21.0 Å². The SMILES string of the molecule is COC(=O)CN1CCC2(CC1)CCN(C(=O)COc1cc(F)c([C@@H]3c4[nH]c5ccccc5c4C[C@@H](C)N3CC(C)(C)F)c(F)c1)CC2. The first kappa shape index (κ1) is 33.3. The van der Waals surface area contributed by atoms with Crippen molar-refractivity contribution in [2.75, 3.05) is 53.0 Å². The van der Waals surface area contributed by atoms with Gasteiger partial charge < -0.3 is 19.4 Å². The molecule has 11 heteroatoms. The van der Waals surface area contributed by atoms with E-state index in [-0.39, 0.29) is 47.8 Å². The monoisotopic (exact) mass is 654 g/mol. The first-order valence-corrected chi connectivity index (χ1v) is 16.6. The number of H-pyrrole nitrogens is 1. The molecule has 254 valence electrons. The van der Waals surface area contributed by atoms with Gasteiger partial charge in [0.25, 0.3) is 5.91 Å². The number of aromatic nitrogens is 1. The Labute approximate surface area is 274 Å². The molecule has 2 saturated heterocycles. The third-order valence-electron chi connectivity index (χ3n) is 10.4. The van der Waals surface area contributed by atoms with Crippen molar-refractivity contribution in [1.29, 1.82) is 0 Å². The number of esters is 1. The molecular weight excluding hydrogens is 609 g/mol. The summed E-state index contributed by atoms with van der Waals surface area (Å²) in [7, 11) is 1.40. The third-order valence-corrected chi connectivity index (χ3v) is 10.4. The van der Waals surface area contributed by atoms with Crippen molar-refractivity contribution < 1.29 is 32.2 Å². The molecule has 1 aromatic heterocycles. The van der Waals surface area contributed by atoms with Crippen molar-refractivity contribution in [2.24, 2.45) is 5.41 Å². The highest BCUT2D eigenvalue weighted by atomic mass is 19.1. The molecule has 0 bridgehead atoms. The Morgan fingerprint density at radius 3 is 2.30 bits per heavy atom. The number of para-hydroxylation sites is 1. The molecule has 0 aliphatic carbocycles. The van der Waals surface area contributed by atoms with Gasteiger partial charge in [-0.2, -0.15) is 0 Å². The Balaban J connectivity index is 1.14. The minimum Gasteiger partial charge on any atom is -0.484 e. The van der Waals surface area contributed by atoms with E-state index in [2.05, 4.69) is 9.88 Å². The standard InChI is InChI=1S/C36H45F3N4O4/c1-23-17-26-25-7-5-6-8-29(25)40-33(26)34(43(23)22-35(2,3)39)32-27(37)18-24(19-28(32)38)47-21-30(44)42-15-11-36(12-16-42)9-13-41(14-10-36)20-31(45)46-4/h5-8,18-19,23,34,40H,9-17,20-22H2,1-4H3/t23-,34-/m1/s1. The number of nitrogens with zero attached hydrogens (tertiary/aromatic N) is 3. The summed E-state index contributed by atoms with van der Waals surface area (Å²) in [5.74, 6) is -2.15. The number of methoxy groups -OCH3 is 1. The molecule has 2 atom stereocenters. The van der Waals surface area contributed by atoms with Crippen molar-refractivity contribution in [2.45, 2.75) is 70.6 Å². The van der Waals surface area contributed by atoms with E-state index in [4.69, 9.17) is 9.47 Å². The van der Waals surface area contributed by atoms with Crippen LogP contribution in [0.1, 0.15) is 69.3 Å². The molecule has 0 unspecified atom stereocenters. The Bertz CT molecular complexity index is 1590. The molecule has 2 aromatic carbocycles. The van der Waals surface area contributed by atoms with Crippen molar-refractivity contribution >= 4 is 22.8 Å². The molecule has 6 rings (SSSR count). The summed E-state index contributed by atoms with van der Waals surface area (Å²) in [5.41, 5.74) is 0.883. The van der Waals surface area contributed by atoms with Crippen molar-refractivity contribution in [1.82, 2.24) is 19.7 Å². The van der Waals surface area contributed by atoms with Gasteiger partial charge in [-0.1, -0.05) is 18.2 Å². The van der Waals surface area contributed by atoms with Gasteiger partial charge in [0.15, 0.2) is 6.61 Å². The van der Waals surface area contributed by atoms with Crippen LogP contribution in [0.25, 0.3) is 10.9 Å². The molecule has 1 spiro atoms. The van der Waals surface area contributed by atoms with E-state index in [1.807, 2.05) is 36.1 Å². The first-order valence-electron chi connectivity index (χ1n) is 16.6. The van der Waals surface area contributed by atoms with E-state index >= 15 is 13.2 Å². The maximum atomic E-state index is 16.0. The average molecular weight is 655 g/mol. The summed E-state index contributed by atoms with van der Waals surface area (Å²) in [6.45, 7) is 7.69. The lowest BCUT2D eigenvalue weighted by molar-refractivity contribution is -0.143. The zero-order valence-electron chi connectivity index (χ0n) is 27.7. The summed E-state index contributed by atoms with van der Waals surface area (Å²) in [6, 6.07) is 8.95. The van der Waals surface area contributed by atoms with Crippen LogP contribution < -0.4 is 4.74 Å². The van der Waals surface area contributed by atoms with E-state index in [9.17, 15) is 9.59 Å². The van der Waals surface area contributed by atoms with Crippen molar-refractivity contribution in [3.63, 3.8) is 0 Å². The molecule has 1 amide bonds. The van der Waals surface area contributed by atoms with Gasteiger partial charge in [-0.25, -0.2) is 13.2 Å². The Morgan fingerprint density at radius 1 is 1.02 bits per heavy atom. The molecule has 3 aliphatic heterocycles. The number of benzene rings is 2. The van der Waals surface area contributed by atoms with Crippen molar-refractivity contribution in [3.8, 4) is 5.75 Å². The smallest absolute Gasteiger partial charge is 0.319 e. The second-order valence-corrected chi connectivity index (χ2v) is 14.2. The first-order chi connectivity index (χ1) is 22.4. The zero-order chi connectivity index (χ0) is 33.5. The van der Waals surface area contributed by atoms with Gasteiger partial charge in [0.2, 0.25) is 0 Å². The van der Waals surface area contributed by atoms with Crippen LogP contribution in [0.2, 0.25) is 0 Å². The summed E-state index contributed by atoms with van der Waals surface area (Å²) in [6.07, 6.45) is 4.28. The number of hydrogen-bond donors (Lipinski definition) is 1. The van der Waals surface area contributed by atoms with Crippen LogP contribution in [0.3, 0.4) is 0 Å². The number of alkyl halides is 1. The van der Waals surface area contributed by atoms with Gasteiger partial charge in [0.1, 0.15) is 23.1 Å². The number of amides is 1. The maximum Gasteiger partial charge on any atom is 0.319 e. The minimum atomic E-state index is -1.59. The lowest BCUT2D eigenvalue weighted by Crippen LogP contribution is -2.49. The van der Waals surface area contributed by atoms with Gasteiger partial charge >= 0.3 is 5.97 Å². The number of carbonyl (C=O) groups excluding carboxylic acids is 2. The highest BCUT2D eigenvalue weighted by molar-refractivity contribution is 5.85. The van der Waals surface area contributed by atoms with Gasteiger partial charge in [-0.3, -0.25) is 19.4 Å². The summed E-state index contributed by atoms with van der Waals surface area (Å²) in [5, 5.41) is 0.991. The molecule has 0 radical (unpaired) electrons. The summed E-state index contributed by atoms with van der Waals surface area (Å²) >= 11 is 0. The Hall–Kier alpha value is -3.57. The Kier molecular flexibility index (Phi) is 9.32. The minimum absolute atomic E-state index is 0.0118. The van der Waals surface area contributed by atoms with E-state index in [0.29, 0.717) is 31.7 Å². The number of fused-ring (bicyclic) bond motifs is 3. The fourth-order valence-electron chi connectivity index (χ4n) is 7.80. The molecule has 2 fully saturated rings. The summed E-state index contributed by atoms with van der Waals surface area (Å²) < 4.78 is 57.5.